The minimum Gasteiger partial charge on any atom is -0.364 e. The Morgan fingerprint density at radius 1 is 1.40 bits per heavy atom. The van der Waals surface area contributed by atoms with Gasteiger partial charge in [-0.1, -0.05) is 6.07 Å². The standard InChI is InChI=1S/C10H8FN3O/c1-5-2-3-6-7(4-5)13-14-9(8(6)11)10(12)15/h2-4H,1H3,(H2,12,15). The van der Waals surface area contributed by atoms with Gasteiger partial charge in [0.15, 0.2) is 11.5 Å². The van der Waals surface area contributed by atoms with E-state index >= 15 is 0 Å². The molecule has 0 fully saturated rings. The molecule has 5 heteroatoms. The minimum atomic E-state index is -0.914. The fraction of sp³-hybridized carbons (Fsp3) is 0.100. The van der Waals surface area contributed by atoms with Crippen LogP contribution >= 0.6 is 0 Å². The molecule has 2 rings (SSSR count). The van der Waals surface area contributed by atoms with E-state index in [1.807, 2.05) is 6.92 Å². The molecule has 0 bridgehead atoms. The van der Waals surface area contributed by atoms with Crippen LogP contribution in [-0.2, 0) is 0 Å². The van der Waals surface area contributed by atoms with E-state index in [1.165, 1.54) is 0 Å². The van der Waals surface area contributed by atoms with Crippen molar-refractivity contribution in [2.24, 2.45) is 5.73 Å². The summed E-state index contributed by atoms with van der Waals surface area (Å²) in [7, 11) is 0. The molecular formula is C10H8FN3O. The van der Waals surface area contributed by atoms with Crippen LogP contribution in [0.5, 0.6) is 0 Å². The predicted molar refractivity (Wildman–Crippen MR) is 52.8 cm³/mol. The number of primary amides is 1. The smallest absolute Gasteiger partial charge is 0.272 e. The van der Waals surface area contributed by atoms with Crippen molar-refractivity contribution in [3.8, 4) is 0 Å². The number of hydrogen-bond donors (Lipinski definition) is 1. The van der Waals surface area contributed by atoms with Gasteiger partial charge < -0.3 is 5.73 Å². The fourth-order valence-corrected chi connectivity index (χ4v) is 1.34. The molecule has 2 aromatic rings. The number of aromatic nitrogens is 2. The van der Waals surface area contributed by atoms with Crippen LogP contribution in [0.1, 0.15) is 16.1 Å². The topological polar surface area (TPSA) is 68.9 Å². The van der Waals surface area contributed by atoms with E-state index in [1.54, 1.807) is 18.2 Å². The van der Waals surface area contributed by atoms with Gasteiger partial charge in [-0.3, -0.25) is 4.79 Å². The highest BCUT2D eigenvalue weighted by atomic mass is 19.1. The van der Waals surface area contributed by atoms with Crippen LogP contribution in [0.4, 0.5) is 4.39 Å². The highest BCUT2D eigenvalue weighted by Gasteiger charge is 2.14. The average Bonchev–Trinajstić information content (AvgIpc) is 2.17. The van der Waals surface area contributed by atoms with Crippen molar-refractivity contribution < 1.29 is 9.18 Å². The largest absolute Gasteiger partial charge is 0.364 e. The van der Waals surface area contributed by atoms with Crippen molar-refractivity contribution in [2.75, 3.05) is 0 Å². The summed E-state index contributed by atoms with van der Waals surface area (Å²) in [6, 6.07) is 4.98. The Bertz CT molecular complexity index is 554. The third-order valence-electron chi connectivity index (χ3n) is 2.09. The summed E-state index contributed by atoms with van der Waals surface area (Å²) in [6.07, 6.45) is 0. The first-order chi connectivity index (χ1) is 7.09. The van der Waals surface area contributed by atoms with Crippen LogP contribution in [0.15, 0.2) is 18.2 Å². The summed E-state index contributed by atoms with van der Waals surface area (Å²) in [5.41, 5.74) is 5.89. The van der Waals surface area contributed by atoms with Crippen LogP contribution in [0.2, 0.25) is 0 Å². The van der Waals surface area contributed by atoms with Crippen LogP contribution in [0.25, 0.3) is 10.9 Å². The van der Waals surface area contributed by atoms with Crippen molar-refractivity contribution in [1.82, 2.24) is 10.2 Å². The molecule has 4 nitrogen and oxygen atoms in total. The first kappa shape index (κ1) is 9.51. The Morgan fingerprint density at radius 2 is 2.13 bits per heavy atom. The number of nitrogens with two attached hydrogens (primary N) is 1. The lowest BCUT2D eigenvalue weighted by Gasteiger charge is -2.01. The number of carbonyl (C=O) groups is 1. The van der Waals surface area contributed by atoms with E-state index in [0.717, 1.165) is 5.56 Å². The Labute approximate surface area is 84.9 Å². The van der Waals surface area contributed by atoms with E-state index in [-0.39, 0.29) is 5.39 Å². The van der Waals surface area contributed by atoms with Gasteiger partial charge in [-0.15, -0.1) is 10.2 Å². The molecule has 0 atom stereocenters. The van der Waals surface area contributed by atoms with E-state index in [0.29, 0.717) is 5.52 Å². The Balaban J connectivity index is 2.80. The van der Waals surface area contributed by atoms with Crippen LogP contribution in [0, 0.1) is 12.7 Å². The quantitative estimate of drug-likeness (QED) is 0.759. The molecule has 1 aromatic heterocycles. The monoisotopic (exact) mass is 205 g/mol. The lowest BCUT2D eigenvalue weighted by molar-refractivity contribution is 0.0990. The SMILES string of the molecule is Cc1ccc2c(F)c(C(N)=O)nnc2c1. The number of hydrogen-bond acceptors (Lipinski definition) is 3. The third-order valence-corrected chi connectivity index (χ3v) is 2.09. The van der Waals surface area contributed by atoms with Gasteiger partial charge in [0.1, 0.15) is 0 Å². The molecule has 2 N–H and O–H groups in total. The minimum absolute atomic E-state index is 0.254. The van der Waals surface area contributed by atoms with Crippen molar-refractivity contribution in [1.29, 1.82) is 0 Å². The van der Waals surface area contributed by atoms with Crippen LogP contribution < -0.4 is 5.73 Å². The number of carbonyl (C=O) groups excluding carboxylic acids is 1. The summed E-state index contributed by atoms with van der Waals surface area (Å²) in [5, 5.41) is 7.43. The predicted octanol–water partition coefficient (Wildman–Crippen LogP) is 1.18. The van der Waals surface area contributed by atoms with Gasteiger partial charge in [-0.05, 0) is 24.6 Å². The lowest BCUT2D eigenvalue weighted by atomic mass is 10.1. The molecule has 0 spiro atoms. The Kier molecular flexibility index (Phi) is 2.07. The number of rotatable bonds is 1. The van der Waals surface area contributed by atoms with Gasteiger partial charge in [0.25, 0.3) is 5.91 Å². The second kappa shape index (κ2) is 3.27. The van der Waals surface area contributed by atoms with Gasteiger partial charge >= 0.3 is 0 Å². The van der Waals surface area contributed by atoms with Gasteiger partial charge in [-0.25, -0.2) is 4.39 Å². The van der Waals surface area contributed by atoms with Crippen LogP contribution in [0.3, 0.4) is 0 Å². The zero-order chi connectivity index (χ0) is 11.0. The van der Waals surface area contributed by atoms with Gasteiger partial charge in [0.2, 0.25) is 0 Å². The number of benzene rings is 1. The molecule has 76 valence electrons. The van der Waals surface area contributed by atoms with Gasteiger partial charge in [0, 0.05) is 5.39 Å². The van der Waals surface area contributed by atoms with Crippen LogP contribution in [-0.4, -0.2) is 16.1 Å². The Morgan fingerprint density at radius 3 is 2.80 bits per heavy atom. The Hall–Kier alpha value is -2.04. The number of nitrogens with zero attached hydrogens (tertiary/aromatic N) is 2. The highest BCUT2D eigenvalue weighted by Crippen LogP contribution is 2.18. The van der Waals surface area contributed by atoms with Crippen molar-refractivity contribution in [3.05, 3.63) is 35.3 Å². The molecule has 0 aliphatic rings. The van der Waals surface area contributed by atoms with E-state index < -0.39 is 17.4 Å². The average molecular weight is 205 g/mol. The zero-order valence-electron chi connectivity index (χ0n) is 7.99. The molecule has 0 aliphatic heterocycles. The molecule has 1 amide bonds. The summed E-state index contributed by atoms with van der Waals surface area (Å²) in [6.45, 7) is 1.86. The molecule has 0 unspecified atom stereocenters. The summed E-state index contributed by atoms with van der Waals surface area (Å²) in [5.74, 6) is -1.63. The maximum Gasteiger partial charge on any atom is 0.272 e. The summed E-state index contributed by atoms with van der Waals surface area (Å²) >= 11 is 0. The maximum absolute atomic E-state index is 13.6. The highest BCUT2D eigenvalue weighted by molar-refractivity contribution is 5.94. The normalized spacial score (nSPS) is 10.5. The van der Waals surface area contributed by atoms with E-state index in [9.17, 15) is 9.18 Å². The molecule has 0 aliphatic carbocycles. The van der Waals surface area contributed by atoms with Gasteiger partial charge in [-0.2, -0.15) is 0 Å². The lowest BCUT2D eigenvalue weighted by Crippen LogP contribution is -2.16. The number of aryl methyl sites for hydroxylation is 1. The summed E-state index contributed by atoms with van der Waals surface area (Å²) < 4.78 is 13.6. The molecule has 0 saturated carbocycles. The first-order valence-electron chi connectivity index (χ1n) is 4.32. The zero-order valence-corrected chi connectivity index (χ0v) is 7.99. The molecule has 0 saturated heterocycles. The number of halogens is 1. The molecule has 15 heavy (non-hydrogen) atoms. The van der Waals surface area contributed by atoms with Crippen molar-refractivity contribution in [3.63, 3.8) is 0 Å². The van der Waals surface area contributed by atoms with E-state index in [4.69, 9.17) is 5.73 Å². The molecule has 0 radical (unpaired) electrons. The number of fused-ring (bicyclic) bond motifs is 1. The van der Waals surface area contributed by atoms with Crippen molar-refractivity contribution >= 4 is 16.8 Å². The number of amides is 1. The second-order valence-electron chi connectivity index (χ2n) is 3.25. The molecular weight excluding hydrogens is 197 g/mol. The maximum atomic E-state index is 13.6. The second-order valence-corrected chi connectivity index (χ2v) is 3.25. The summed E-state index contributed by atoms with van der Waals surface area (Å²) in [4.78, 5) is 10.8. The first-order valence-corrected chi connectivity index (χ1v) is 4.32. The third kappa shape index (κ3) is 1.52. The fourth-order valence-electron chi connectivity index (χ4n) is 1.34. The van der Waals surface area contributed by atoms with E-state index in [2.05, 4.69) is 10.2 Å². The molecule has 1 aromatic carbocycles. The van der Waals surface area contributed by atoms with Crippen molar-refractivity contribution in [2.45, 2.75) is 6.92 Å². The van der Waals surface area contributed by atoms with Gasteiger partial charge in [0.05, 0.1) is 5.52 Å². The molecule has 1 heterocycles.